The average molecular weight is 286 g/mol. The molecule has 0 radical (unpaired) electrons. The Bertz CT molecular complexity index is 658. The quantitative estimate of drug-likeness (QED) is 0.753. The monoisotopic (exact) mass is 286 g/mol. The second-order valence-corrected chi connectivity index (χ2v) is 5.33. The summed E-state index contributed by atoms with van der Waals surface area (Å²) < 4.78 is 2.00. The van der Waals surface area contributed by atoms with Gasteiger partial charge < -0.3 is 9.88 Å². The largest absolute Gasteiger partial charge is 0.379 e. The van der Waals surface area contributed by atoms with Crippen molar-refractivity contribution in [1.82, 2.24) is 24.7 Å². The molecule has 0 bridgehead atoms. The molecule has 0 aliphatic carbocycles. The standard InChI is InChI=1S/C13H14N6S/c1-19-9-14-6-11(19)7-15-10-2-4-12(5-3-10)20-13-16-8-17-18-13/h2-6,8-9,15H,7H2,1H3,(H,16,17,18). The number of benzene rings is 1. The molecular formula is C13H14N6S. The summed E-state index contributed by atoms with van der Waals surface area (Å²) in [4.78, 5) is 9.30. The van der Waals surface area contributed by atoms with E-state index in [0.717, 1.165) is 28.0 Å². The Morgan fingerprint density at radius 2 is 2.15 bits per heavy atom. The molecule has 3 rings (SSSR count). The number of aromatic nitrogens is 5. The SMILES string of the molecule is Cn1cncc1CNc1ccc(Sc2ncn[nH]2)cc1. The molecule has 0 aliphatic rings. The van der Waals surface area contributed by atoms with Gasteiger partial charge in [-0.25, -0.2) is 9.97 Å². The van der Waals surface area contributed by atoms with Gasteiger partial charge in [-0.3, -0.25) is 5.10 Å². The van der Waals surface area contributed by atoms with Gasteiger partial charge >= 0.3 is 0 Å². The second kappa shape index (κ2) is 5.79. The van der Waals surface area contributed by atoms with Crippen LogP contribution in [0.15, 0.2) is 53.2 Å². The number of anilines is 1. The maximum atomic E-state index is 4.09. The molecule has 0 saturated heterocycles. The summed E-state index contributed by atoms with van der Waals surface area (Å²) in [5, 5.41) is 10.8. The van der Waals surface area contributed by atoms with Crippen molar-refractivity contribution in [3.8, 4) is 0 Å². The van der Waals surface area contributed by atoms with E-state index in [0.29, 0.717) is 0 Å². The van der Waals surface area contributed by atoms with E-state index in [1.165, 1.54) is 6.33 Å². The van der Waals surface area contributed by atoms with Gasteiger partial charge in [0.25, 0.3) is 0 Å². The number of aromatic amines is 1. The minimum atomic E-state index is 0.755. The molecule has 2 heterocycles. The minimum Gasteiger partial charge on any atom is -0.379 e. The number of hydrogen-bond acceptors (Lipinski definition) is 5. The van der Waals surface area contributed by atoms with Gasteiger partial charge in [0.15, 0.2) is 5.16 Å². The summed E-state index contributed by atoms with van der Waals surface area (Å²) in [5.41, 5.74) is 2.22. The molecule has 1 aromatic carbocycles. The fourth-order valence-electron chi connectivity index (χ4n) is 1.74. The van der Waals surface area contributed by atoms with Gasteiger partial charge in [0.05, 0.1) is 18.6 Å². The molecular weight excluding hydrogens is 272 g/mol. The van der Waals surface area contributed by atoms with Crippen LogP contribution >= 0.6 is 11.8 Å². The molecule has 0 fully saturated rings. The zero-order valence-corrected chi connectivity index (χ0v) is 11.8. The van der Waals surface area contributed by atoms with Crippen LogP contribution in [0.1, 0.15) is 5.69 Å². The summed E-state index contributed by atoms with van der Waals surface area (Å²) in [6.07, 6.45) is 5.17. The minimum absolute atomic E-state index is 0.755. The van der Waals surface area contributed by atoms with Gasteiger partial charge in [-0.15, -0.1) is 0 Å². The number of H-pyrrole nitrogens is 1. The highest BCUT2D eigenvalue weighted by molar-refractivity contribution is 7.99. The van der Waals surface area contributed by atoms with Crippen molar-refractivity contribution >= 4 is 17.4 Å². The van der Waals surface area contributed by atoms with Gasteiger partial charge in [0.1, 0.15) is 6.33 Å². The third kappa shape index (κ3) is 3.00. The van der Waals surface area contributed by atoms with Crippen LogP contribution in [-0.4, -0.2) is 24.7 Å². The average Bonchev–Trinajstić information content (AvgIpc) is 3.10. The van der Waals surface area contributed by atoms with Crippen LogP contribution in [0.5, 0.6) is 0 Å². The number of nitrogens with zero attached hydrogens (tertiary/aromatic N) is 4. The Balaban J connectivity index is 1.60. The lowest BCUT2D eigenvalue weighted by molar-refractivity contribution is 0.837. The molecule has 0 saturated carbocycles. The lowest BCUT2D eigenvalue weighted by atomic mass is 10.3. The van der Waals surface area contributed by atoms with Crippen molar-refractivity contribution < 1.29 is 0 Å². The lowest BCUT2D eigenvalue weighted by Gasteiger charge is -2.07. The van der Waals surface area contributed by atoms with Crippen LogP contribution < -0.4 is 5.32 Å². The summed E-state index contributed by atoms with van der Waals surface area (Å²) in [6, 6.07) is 8.21. The first-order valence-electron chi connectivity index (χ1n) is 6.13. The maximum Gasteiger partial charge on any atom is 0.188 e. The molecule has 2 N–H and O–H groups in total. The van der Waals surface area contributed by atoms with E-state index in [2.05, 4.69) is 49.7 Å². The van der Waals surface area contributed by atoms with Crippen LogP contribution in [0, 0.1) is 0 Å². The lowest BCUT2D eigenvalue weighted by Crippen LogP contribution is -2.03. The Hall–Kier alpha value is -2.28. The number of nitrogens with one attached hydrogen (secondary N) is 2. The number of rotatable bonds is 5. The predicted molar refractivity (Wildman–Crippen MR) is 77.5 cm³/mol. The molecule has 6 nitrogen and oxygen atoms in total. The number of hydrogen-bond donors (Lipinski definition) is 2. The third-order valence-electron chi connectivity index (χ3n) is 2.85. The van der Waals surface area contributed by atoms with E-state index in [-0.39, 0.29) is 0 Å². The number of aryl methyl sites for hydroxylation is 1. The van der Waals surface area contributed by atoms with Crippen LogP contribution in [0.2, 0.25) is 0 Å². The number of imidazole rings is 1. The Kier molecular flexibility index (Phi) is 3.69. The van der Waals surface area contributed by atoms with Crippen LogP contribution in [0.25, 0.3) is 0 Å². The normalized spacial score (nSPS) is 10.7. The molecule has 0 atom stereocenters. The van der Waals surface area contributed by atoms with Crippen molar-refractivity contribution in [2.24, 2.45) is 7.05 Å². The van der Waals surface area contributed by atoms with Crippen LogP contribution in [0.3, 0.4) is 0 Å². The van der Waals surface area contributed by atoms with Gasteiger partial charge in [0, 0.05) is 23.8 Å². The summed E-state index contributed by atoms with van der Waals surface area (Å²) in [6.45, 7) is 0.755. The summed E-state index contributed by atoms with van der Waals surface area (Å²) in [5.74, 6) is 0. The molecule has 7 heteroatoms. The van der Waals surface area contributed by atoms with E-state index in [9.17, 15) is 0 Å². The highest BCUT2D eigenvalue weighted by atomic mass is 32.2. The van der Waals surface area contributed by atoms with Crippen molar-refractivity contribution in [3.63, 3.8) is 0 Å². The van der Waals surface area contributed by atoms with Crippen LogP contribution in [-0.2, 0) is 13.6 Å². The molecule has 20 heavy (non-hydrogen) atoms. The highest BCUT2D eigenvalue weighted by Crippen LogP contribution is 2.25. The molecule has 0 unspecified atom stereocenters. The van der Waals surface area contributed by atoms with Crippen molar-refractivity contribution in [2.45, 2.75) is 16.6 Å². The molecule has 2 aromatic heterocycles. The fraction of sp³-hybridized carbons (Fsp3) is 0.154. The van der Waals surface area contributed by atoms with E-state index >= 15 is 0 Å². The van der Waals surface area contributed by atoms with Crippen LogP contribution in [0.4, 0.5) is 5.69 Å². The van der Waals surface area contributed by atoms with E-state index < -0.39 is 0 Å². The smallest absolute Gasteiger partial charge is 0.188 e. The second-order valence-electron chi connectivity index (χ2n) is 4.27. The fourth-order valence-corrected chi connectivity index (χ4v) is 2.44. The van der Waals surface area contributed by atoms with E-state index in [4.69, 9.17) is 0 Å². The Morgan fingerprint density at radius 1 is 1.30 bits per heavy atom. The van der Waals surface area contributed by atoms with Crippen molar-refractivity contribution in [3.05, 3.63) is 48.8 Å². The molecule has 0 spiro atoms. The third-order valence-corrected chi connectivity index (χ3v) is 3.75. The van der Waals surface area contributed by atoms with Crippen molar-refractivity contribution in [2.75, 3.05) is 5.32 Å². The zero-order chi connectivity index (χ0) is 13.8. The molecule has 102 valence electrons. The predicted octanol–water partition coefficient (Wildman–Crippen LogP) is 2.30. The van der Waals surface area contributed by atoms with E-state index in [1.807, 2.05) is 17.8 Å². The first kappa shape index (κ1) is 12.7. The zero-order valence-electron chi connectivity index (χ0n) is 10.9. The highest BCUT2D eigenvalue weighted by Gasteiger charge is 2.01. The van der Waals surface area contributed by atoms with E-state index in [1.54, 1.807) is 18.1 Å². The van der Waals surface area contributed by atoms with Gasteiger partial charge in [0.2, 0.25) is 0 Å². The maximum absolute atomic E-state index is 4.09. The van der Waals surface area contributed by atoms with Gasteiger partial charge in [-0.2, -0.15) is 5.10 Å². The summed E-state index contributed by atoms with van der Waals surface area (Å²) in [7, 11) is 1.99. The van der Waals surface area contributed by atoms with Gasteiger partial charge in [-0.05, 0) is 24.3 Å². The molecule has 0 aliphatic heterocycles. The Labute approximate surface area is 120 Å². The first-order chi connectivity index (χ1) is 9.81. The topological polar surface area (TPSA) is 71.4 Å². The molecule has 0 amide bonds. The first-order valence-corrected chi connectivity index (χ1v) is 6.95. The van der Waals surface area contributed by atoms with Gasteiger partial charge in [-0.1, -0.05) is 11.8 Å². The Morgan fingerprint density at radius 3 is 2.80 bits per heavy atom. The van der Waals surface area contributed by atoms with Crippen molar-refractivity contribution in [1.29, 1.82) is 0 Å². The summed E-state index contributed by atoms with van der Waals surface area (Å²) >= 11 is 1.55. The molecule has 3 aromatic rings.